The first-order valence-electron chi connectivity index (χ1n) is 5.01. The average Bonchev–Trinajstić information content (AvgIpc) is 2.05. The number of hydrogen-bond donors (Lipinski definition) is 1. The summed E-state index contributed by atoms with van der Waals surface area (Å²) in [6.07, 6.45) is 8.52. The fourth-order valence-electron chi connectivity index (χ4n) is 2.27. The number of nitrogens with two attached hydrogens (primary N) is 1. The van der Waals surface area contributed by atoms with E-state index in [1.54, 1.807) is 0 Å². The first-order valence-corrected chi connectivity index (χ1v) is 5.01. The van der Waals surface area contributed by atoms with Gasteiger partial charge in [0.1, 0.15) is 0 Å². The topological polar surface area (TPSA) is 29.3 Å². The van der Waals surface area contributed by atoms with Gasteiger partial charge in [0.25, 0.3) is 0 Å². The molecule has 2 unspecified atom stereocenters. The van der Waals surface area contributed by atoms with E-state index in [0.717, 1.165) is 25.0 Å². The van der Waals surface area contributed by atoms with Gasteiger partial charge in [0.05, 0.1) is 0 Å². The molecule has 0 bridgehead atoms. The maximum Gasteiger partial charge on any atom is 0.0166 e. The van der Waals surface area contributed by atoms with Gasteiger partial charge >= 0.3 is 0 Å². The molecule has 1 fully saturated rings. The summed E-state index contributed by atoms with van der Waals surface area (Å²) in [4.78, 5) is 2.58. The molecule has 0 amide bonds. The fraction of sp³-hybridized carbons (Fsp3) is 0.800. The Morgan fingerprint density at radius 3 is 2.75 bits per heavy atom. The molecule has 0 spiro atoms. The van der Waals surface area contributed by atoms with Gasteiger partial charge in [-0.25, -0.2) is 0 Å². The predicted octanol–water partition coefficient (Wildman–Crippen LogP) is 0.986. The third-order valence-corrected chi connectivity index (χ3v) is 3.24. The molecule has 12 heavy (non-hydrogen) atoms. The summed E-state index contributed by atoms with van der Waals surface area (Å²) in [6, 6.07) is 0.806. The minimum atomic E-state index is 0.788. The van der Waals surface area contributed by atoms with Crippen LogP contribution in [0.3, 0.4) is 0 Å². The molecule has 2 heteroatoms. The molecule has 0 aromatic heterocycles. The van der Waals surface area contributed by atoms with Crippen LogP contribution in [0.15, 0.2) is 12.2 Å². The Bertz CT molecular complexity index is 175. The van der Waals surface area contributed by atoms with Crippen molar-refractivity contribution >= 4 is 0 Å². The van der Waals surface area contributed by atoms with E-state index in [1.165, 1.54) is 25.8 Å². The first-order chi connectivity index (χ1) is 5.92. The molecule has 2 atom stereocenters. The van der Waals surface area contributed by atoms with E-state index in [9.17, 15) is 0 Å². The lowest BCUT2D eigenvalue weighted by molar-refractivity contribution is 0.0750. The van der Waals surface area contributed by atoms with E-state index in [1.807, 2.05) is 0 Å². The van der Waals surface area contributed by atoms with Gasteiger partial charge in [-0.3, -0.25) is 4.90 Å². The van der Waals surface area contributed by atoms with Crippen LogP contribution >= 0.6 is 0 Å². The predicted molar refractivity (Wildman–Crippen MR) is 50.9 cm³/mol. The Labute approximate surface area is 74.4 Å². The van der Waals surface area contributed by atoms with Crippen LogP contribution in [-0.4, -0.2) is 30.6 Å². The second-order valence-electron chi connectivity index (χ2n) is 3.90. The van der Waals surface area contributed by atoms with E-state index >= 15 is 0 Å². The Balaban J connectivity index is 1.87. The molecule has 68 valence electrons. The molecule has 2 aliphatic rings. The van der Waals surface area contributed by atoms with Crippen molar-refractivity contribution in [1.82, 2.24) is 4.90 Å². The van der Waals surface area contributed by atoms with Gasteiger partial charge < -0.3 is 5.73 Å². The van der Waals surface area contributed by atoms with E-state index in [4.69, 9.17) is 5.73 Å². The fourth-order valence-corrected chi connectivity index (χ4v) is 2.27. The largest absolute Gasteiger partial charge is 0.330 e. The average molecular weight is 166 g/mol. The molecule has 0 saturated heterocycles. The van der Waals surface area contributed by atoms with Crippen molar-refractivity contribution < 1.29 is 0 Å². The van der Waals surface area contributed by atoms with Gasteiger partial charge in [-0.15, -0.1) is 0 Å². The third-order valence-electron chi connectivity index (χ3n) is 3.24. The summed E-state index contributed by atoms with van der Waals surface area (Å²) < 4.78 is 0. The molecule has 1 aliphatic carbocycles. The van der Waals surface area contributed by atoms with Crippen molar-refractivity contribution in [3.05, 3.63) is 12.2 Å². The number of rotatable bonds is 2. The highest BCUT2D eigenvalue weighted by Gasteiger charge is 2.33. The van der Waals surface area contributed by atoms with Gasteiger partial charge in [-0.2, -0.15) is 0 Å². The van der Waals surface area contributed by atoms with Crippen molar-refractivity contribution in [2.75, 3.05) is 19.6 Å². The van der Waals surface area contributed by atoms with Crippen molar-refractivity contribution in [2.45, 2.75) is 25.3 Å². The summed E-state index contributed by atoms with van der Waals surface area (Å²) in [6.45, 7) is 3.28. The van der Waals surface area contributed by atoms with Crippen LogP contribution in [0.1, 0.15) is 19.3 Å². The lowest BCUT2D eigenvalue weighted by Crippen LogP contribution is -2.50. The van der Waals surface area contributed by atoms with E-state index in [2.05, 4.69) is 17.1 Å². The lowest BCUT2D eigenvalue weighted by Gasteiger charge is -2.44. The van der Waals surface area contributed by atoms with Gasteiger partial charge in [0, 0.05) is 19.1 Å². The number of hydrogen-bond acceptors (Lipinski definition) is 2. The minimum absolute atomic E-state index is 0.788. The molecular formula is C10H18N2. The molecule has 0 aromatic carbocycles. The van der Waals surface area contributed by atoms with Gasteiger partial charge in [-0.05, 0) is 31.7 Å². The van der Waals surface area contributed by atoms with Gasteiger partial charge in [0.15, 0.2) is 0 Å². The van der Waals surface area contributed by atoms with Crippen LogP contribution in [0, 0.1) is 5.92 Å². The summed E-state index contributed by atoms with van der Waals surface area (Å²) in [5.41, 5.74) is 5.69. The SMILES string of the molecule is NCC1CCC1N1CC=CCC1. The van der Waals surface area contributed by atoms with Crippen molar-refractivity contribution in [3.8, 4) is 0 Å². The third kappa shape index (κ3) is 1.41. The lowest BCUT2D eigenvalue weighted by atomic mass is 9.78. The monoisotopic (exact) mass is 166 g/mol. The minimum Gasteiger partial charge on any atom is -0.330 e. The molecule has 2 nitrogen and oxygen atoms in total. The Morgan fingerprint density at radius 1 is 1.33 bits per heavy atom. The van der Waals surface area contributed by atoms with Crippen LogP contribution in [0.4, 0.5) is 0 Å². The first kappa shape index (κ1) is 8.27. The zero-order valence-corrected chi connectivity index (χ0v) is 7.58. The highest BCUT2D eigenvalue weighted by Crippen LogP contribution is 2.31. The summed E-state index contributed by atoms with van der Waals surface area (Å²) >= 11 is 0. The molecule has 1 aliphatic heterocycles. The van der Waals surface area contributed by atoms with Crippen LogP contribution in [-0.2, 0) is 0 Å². The van der Waals surface area contributed by atoms with Crippen LogP contribution < -0.4 is 5.73 Å². The summed E-state index contributed by atoms with van der Waals surface area (Å²) in [7, 11) is 0. The summed E-state index contributed by atoms with van der Waals surface area (Å²) in [5.74, 6) is 0.788. The van der Waals surface area contributed by atoms with E-state index < -0.39 is 0 Å². The van der Waals surface area contributed by atoms with Crippen LogP contribution in [0.2, 0.25) is 0 Å². The molecule has 1 saturated carbocycles. The van der Waals surface area contributed by atoms with Crippen molar-refractivity contribution in [2.24, 2.45) is 11.7 Å². The highest BCUT2D eigenvalue weighted by molar-refractivity contribution is 4.97. The van der Waals surface area contributed by atoms with Crippen molar-refractivity contribution in [1.29, 1.82) is 0 Å². The van der Waals surface area contributed by atoms with Crippen LogP contribution in [0.25, 0.3) is 0 Å². The molecule has 0 radical (unpaired) electrons. The second kappa shape index (κ2) is 3.58. The Hall–Kier alpha value is -0.340. The standard InChI is InChI=1S/C10H18N2/c11-8-9-4-5-10(9)12-6-2-1-3-7-12/h1-2,9-10H,3-8,11H2. The Morgan fingerprint density at radius 2 is 2.25 bits per heavy atom. The van der Waals surface area contributed by atoms with Gasteiger partial charge in [-0.1, -0.05) is 12.2 Å². The van der Waals surface area contributed by atoms with Crippen molar-refractivity contribution in [3.63, 3.8) is 0 Å². The maximum atomic E-state index is 5.69. The normalized spacial score (nSPS) is 36.4. The van der Waals surface area contributed by atoms with E-state index in [-0.39, 0.29) is 0 Å². The molecule has 2 rings (SSSR count). The second-order valence-corrected chi connectivity index (χ2v) is 3.90. The molecule has 2 N–H and O–H groups in total. The van der Waals surface area contributed by atoms with E-state index in [0.29, 0.717) is 0 Å². The molecule has 1 heterocycles. The zero-order chi connectivity index (χ0) is 8.39. The zero-order valence-electron chi connectivity index (χ0n) is 7.58. The highest BCUT2D eigenvalue weighted by atomic mass is 15.2. The maximum absolute atomic E-state index is 5.69. The number of nitrogens with zero attached hydrogens (tertiary/aromatic N) is 1. The Kier molecular flexibility index (Phi) is 2.47. The van der Waals surface area contributed by atoms with Crippen LogP contribution in [0.5, 0.6) is 0 Å². The molecular weight excluding hydrogens is 148 g/mol. The summed E-state index contributed by atoms with van der Waals surface area (Å²) in [5, 5.41) is 0. The van der Waals surface area contributed by atoms with Gasteiger partial charge in [0.2, 0.25) is 0 Å². The smallest absolute Gasteiger partial charge is 0.0166 e. The molecule has 0 aromatic rings. The quantitative estimate of drug-likeness (QED) is 0.620.